The Balaban J connectivity index is 1.73. The number of amides is 1. The zero-order valence-corrected chi connectivity index (χ0v) is 19.7. The van der Waals surface area contributed by atoms with Gasteiger partial charge in [0.25, 0.3) is 5.91 Å². The first-order chi connectivity index (χ1) is 16.0. The molecular formula is C27H25ClN4O. The maximum Gasteiger partial charge on any atom is 0.279 e. The van der Waals surface area contributed by atoms with Crippen LogP contribution in [0.3, 0.4) is 0 Å². The quantitative estimate of drug-likeness (QED) is 0.396. The molecule has 1 amide bonds. The van der Waals surface area contributed by atoms with E-state index in [1.165, 1.54) is 11.1 Å². The topological polar surface area (TPSA) is 50.2 Å². The Bertz CT molecular complexity index is 1460. The maximum absolute atomic E-state index is 14.4. The van der Waals surface area contributed by atoms with Crippen LogP contribution in [0.5, 0.6) is 0 Å². The van der Waals surface area contributed by atoms with E-state index in [2.05, 4.69) is 48.9 Å². The van der Waals surface area contributed by atoms with Crippen LogP contribution < -0.4 is 10.2 Å². The molecule has 1 atom stereocenters. The van der Waals surface area contributed by atoms with Crippen molar-refractivity contribution in [2.45, 2.75) is 39.3 Å². The predicted octanol–water partition coefficient (Wildman–Crippen LogP) is 6.25. The van der Waals surface area contributed by atoms with Crippen molar-refractivity contribution in [2.24, 2.45) is 0 Å². The molecular weight excluding hydrogens is 432 g/mol. The van der Waals surface area contributed by atoms with Crippen molar-refractivity contribution >= 4 is 39.9 Å². The first kappa shape index (κ1) is 20.3. The fourth-order valence-electron chi connectivity index (χ4n) is 5.22. The third kappa shape index (κ3) is 2.66. The third-order valence-electron chi connectivity index (χ3n) is 7.02. The van der Waals surface area contributed by atoms with E-state index < -0.39 is 5.66 Å². The number of rotatable bonds is 3. The Morgan fingerprint density at radius 1 is 1.06 bits per heavy atom. The van der Waals surface area contributed by atoms with Gasteiger partial charge in [-0.3, -0.25) is 9.36 Å². The molecule has 3 heterocycles. The Morgan fingerprint density at radius 2 is 1.85 bits per heavy atom. The van der Waals surface area contributed by atoms with Gasteiger partial charge in [0.15, 0.2) is 0 Å². The van der Waals surface area contributed by atoms with Crippen LogP contribution in [-0.4, -0.2) is 22.0 Å². The number of nitrogens with one attached hydrogen (secondary N) is 1. The molecule has 6 heteroatoms. The van der Waals surface area contributed by atoms with E-state index in [1.807, 2.05) is 41.3 Å². The summed E-state index contributed by atoms with van der Waals surface area (Å²) in [6.07, 6.45) is 1.93. The van der Waals surface area contributed by atoms with Gasteiger partial charge in [0, 0.05) is 28.4 Å². The number of fused-ring (bicyclic) bond motifs is 8. The van der Waals surface area contributed by atoms with Gasteiger partial charge < -0.3 is 10.2 Å². The highest BCUT2D eigenvalue weighted by Gasteiger charge is 2.56. The molecule has 0 radical (unpaired) electrons. The minimum atomic E-state index is -1.14. The lowest BCUT2D eigenvalue weighted by Crippen LogP contribution is -2.53. The molecule has 3 aromatic carbocycles. The van der Waals surface area contributed by atoms with Crippen LogP contribution in [0.2, 0.25) is 5.02 Å². The van der Waals surface area contributed by atoms with Gasteiger partial charge in [-0.2, -0.15) is 0 Å². The lowest BCUT2D eigenvalue weighted by atomic mass is 9.95. The van der Waals surface area contributed by atoms with E-state index in [0.29, 0.717) is 11.6 Å². The fourth-order valence-corrected chi connectivity index (χ4v) is 5.39. The molecule has 166 valence electrons. The number of aryl methyl sites for hydroxylation is 2. The van der Waals surface area contributed by atoms with Crippen molar-refractivity contribution in [3.63, 3.8) is 0 Å². The van der Waals surface area contributed by atoms with Crippen LogP contribution in [0.1, 0.15) is 36.5 Å². The van der Waals surface area contributed by atoms with Crippen LogP contribution >= 0.6 is 11.6 Å². The number of aromatic nitrogens is 2. The zero-order chi connectivity index (χ0) is 22.9. The summed E-state index contributed by atoms with van der Waals surface area (Å²) >= 11 is 6.51. The highest BCUT2D eigenvalue weighted by Crippen LogP contribution is 2.51. The smallest absolute Gasteiger partial charge is 0.279 e. The second-order valence-electron chi connectivity index (χ2n) is 9.05. The van der Waals surface area contributed by atoms with Crippen molar-refractivity contribution < 1.29 is 4.79 Å². The monoisotopic (exact) mass is 456 g/mol. The number of carbonyl (C=O) groups is 1. The summed E-state index contributed by atoms with van der Waals surface area (Å²) in [5.74, 6) is 0.794. The molecule has 0 saturated carbocycles. The number of hydrogen-bond acceptors (Lipinski definition) is 3. The summed E-state index contributed by atoms with van der Waals surface area (Å²) in [5.41, 5.74) is 6.67. The number of anilines is 2. The standard InChI is InChI=1S/C27H25ClN4O/c1-4-5-12-31-23-11-10-18(28)15-20(23)27(26(31)33)30-21-9-7-6-8-19(21)25-29-22-13-16(2)17(3)14-24(22)32(25)27/h6-11,13-15,30H,4-5,12H2,1-3H3. The van der Waals surface area contributed by atoms with Crippen LogP contribution in [-0.2, 0) is 10.5 Å². The third-order valence-corrected chi connectivity index (χ3v) is 7.25. The van der Waals surface area contributed by atoms with Gasteiger partial charge in [0.1, 0.15) is 5.82 Å². The molecule has 2 aliphatic heterocycles. The number of unbranched alkanes of at least 4 members (excludes halogenated alkanes) is 1. The predicted molar refractivity (Wildman–Crippen MR) is 134 cm³/mol. The first-order valence-corrected chi connectivity index (χ1v) is 11.8. The second-order valence-corrected chi connectivity index (χ2v) is 9.49. The van der Waals surface area contributed by atoms with Crippen molar-refractivity contribution in [1.82, 2.24) is 9.55 Å². The number of para-hydroxylation sites is 1. The Morgan fingerprint density at radius 3 is 2.67 bits per heavy atom. The van der Waals surface area contributed by atoms with Gasteiger partial charge in [-0.1, -0.05) is 37.1 Å². The van der Waals surface area contributed by atoms with Crippen molar-refractivity contribution in [1.29, 1.82) is 0 Å². The molecule has 0 aliphatic carbocycles. The normalized spacial score (nSPS) is 18.4. The van der Waals surface area contributed by atoms with Crippen LogP contribution in [0, 0.1) is 13.8 Å². The van der Waals surface area contributed by atoms with E-state index >= 15 is 0 Å². The summed E-state index contributed by atoms with van der Waals surface area (Å²) in [6.45, 7) is 6.99. The highest BCUT2D eigenvalue weighted by atomic mass is 35.5. The Hall–Kier alpha value is -3.31. The Kier molecular flexibility index (Phi) is 4.36. The molecule has 0 bridgehead atoms. The number of nitrogens with zero attached hydrogens (tertiary/aromatic N) is 3. The average molecular weight is 457 g/mol. The number of halogens is 1. The van der Waals surface area contributed by atoms with E-state index in [1.54, 1.807) is 0 Å². The first-order valence-electron chi connectivity index (χ1n) is 11.5. The molecule has 6 rings (SSSR count). The maximum atomic E-state index is 14.4. The summed E-state index contributed by atoms with van der Waals surface area (Å²) in [5, 5.41) is 4.26. The lowest BCUT2D eigenvalue weighted by molar-refractivity contribution is -0.123. The number of hydrogen-bond donors (Lipinski definition) is 1. The summed E-state index contributed by atoms with van der Waals surface area (Å²) in [7, 11) is 0. The molecule has 1 spiro atoms. The average Bonchev–Trinajstić information content (AvgIpc) is 3.27. The molecule has 2 aliphatic rings. The molecule has 1 unspecified atom stereocenters. The lowest BCUT2D eigenvalue weighted by Gasteiger charge is -2.38. The highest BCUT2D eigenvalue weighted by molar-refractivity contribution is 6.31. The summed E-state index contributed by atoms with van der Waals surface area (Å²) in [6, 6.07) is 18.1. The van der Waals surface area contributed by atoms with Gasteiger partial charge in [-0.05, 0) is 73.9 Å². The molecule has 1 N–H and O–H groups in total. The zero-order valence-electron chi connectivity index (χ0n) is 18.9. The molecule has 4 aromatic rings. The van der Waals surface area contributed by atoms with Crippen LogP contribution in [0.15, 0.2) is 54.6 Å². The minimum Gasteiger partial charge on any atom is -0.350 e. The van der Waals surface area contributed by atoms with Gasteiger partial charge in [-0.25, -0.2) is 4.98 Å². The fraction of sp³-hybridized carbons (Fsp3) is 0.259. The van der Waals surface area contributed by atoms with Crippen LogP contribution in [0.4, 0.5) is 11.4 Å². The van der Waals surface area contributed by atoms with Gasteiger partial charge in [-0.15, -0.1) is 0 Å². The largest absolute Gasteiger partial charge is 0.350 e. The van der Waals surface area contributed by atoms with E-state index in [4.69, 9.17) is 16.6 Å². The van der Waals surface area contributed by atoms with Crippen molar-refractivity contribution in [3.8, 4) is 11.4 Å². The SMILES string of the molecule is CCCCN1C(=O)C2(Nc3ccccc3-c3nc4cc(C)c(C)cc4n32)c2cc(Cl)ccc21. The van der Waals surface area contributed by atoms with Gasteiger partial charge >= 0.3 is 0 Å². The molecule has 1 aromatic heterocycles. The van der Waals surface area contributed by atoms with Gasteiger partial charge in [0.05, 0.1) is 16.7 Å². The number of imidazole rings is 1. The van der Waals surface area contributed by atoms with E-state index in [9.17, 15) is 4.79 Å². The molecule has 0 saturated heterocycles. The molecule has 33 heavy (non-hydrogen) atoms. The van der Waals surface area contributed by atoms with Crippen LogP contribution in [0.25, 0.3) is 22.4 Å². The molecule has 0 fully saturated rings. The summed E-state index contributed by atoms with van der Waals surface area (Å²) < 4.78 is 2.10. The Labute approximate surface area is 198 Å². The minimum absolute atomic E-state index is 0.00139. The molecule has 5 nitrogen and oxygen atoms in total. The number of carbonyl (C=O) groups excluding carboxylic acids is 1. The second kappa shape index (κ2) is 7.09. The number of benzene rings is 3. The van der Waals surface area contributed by atoms with Crippen molar-refractivity contribution in [2.75, 3.05) is 16.8 Å². The van der Waals surface area contributed by atoms with E-state index in [-0.39, 0.29) is 5.91 Å². The van der Waals surface area contributed by atoms with Gasteiger partial charge in [0.2, 0.25) is 5.66 Å². The van der Waals surface area contributed by atoms with E-state index in [0.717, 1.165) is 52.2 Å². The van der Waals surface area contributed by atoms with Crippen molar-refractivity contribution in [3.05, 3.63) is 76.3 Å². The summed E-state index contributed by atoms with van der Waals surface area (Å²) in [4.78, 5) is 21.4.